The van der Waals surface area contributed by atoms with Crippen molar-refractivity contribution in [1.82, 2.24) is 9.55 Å². The van der Waals surface area contributed by atoms with E-state index in [1.807, 2.05) is 0 Å². The third-order valence-electron chi connectivity index (χ3n) is 2.50. The van der Waals surface area contributed by atoms with Crippen molar-refractivity contribution in [3.63, 3.8) is 0 Å². The zero-order valence-electron chi connectivity index (χ0n) is 9.37. The minimum Gasteiger partial charge on any atom is -0.496 e. The third kappa shape index (κ3) is 1.93. The normalized spacial score (nSPS) is 10.6. The summed E-state index contributed by atoms with van der Waals surface area (Å²) in [4.78, 5) is 3.92. The molecule has 90 valence electrons. The van der Waals surface area contributed by atoms with Gasteiger partial charge in [-0.05, 0) is 18.2 Å². The highest BCUT2D eigenvalue weighted by Crippen LogP contribution is 2.35. The number of hydrogen-bond acceptors (Lipinski definition) is 3. The molecule has 0 amide bonds. The summed E-state index contributed by atoms with van der Waals surface area (Å²) in [5.74, 6) is 0.393. The first kappa shape index (κ1) is 11.7. The Labute approximate surface area is 103 Å². The largest absolute Gasteiger partial charge is 0.496 e. The molecular formula is C11H11ClFN3O. The van der Waals surface area contributed by atoms with Crippen LogP contribution in [0.1, 0.15) is 0 Å². The number of anilines is 1. The van der Waals surface area contributed by atoms with E-state index in [0.29, 0.717) is 17.0 Å². The van der Waals surface area contributed by atoms with Gasteiger partial charge in [-0.1, -0.05) is 11.6 Å². The van der Waals surface area contributed by atoms with Gasteiger partial charge >= 0.3 is 0 Å². The fourth-order valence-electron chi connectivity index (χ4n) is 1.64. The molecule has 0 fully saturated rings. The van der Waals surface area contributed by atoms with Crippen molar-refractivity contribution in [2.45, 2.75) is 0 Å². The predicted molar refractivity (Wildman–Crippen MR) is 64.6 cm³/mol. The number of nitrogens with two attached hydrogens (primary N) is 1. The van der Waals surface area contributed by atoms with E-state index >= 15 is 0 Å². The molecule has 2 aromatic rings. The van der Waals surface area contributed by atoms with E-state index in [4.69, 9.17) is 22.1 Å². The first-order valence-corrected chi connectivity index (χ1v) is 5.24. The maximum atomic E-state index is 13.3. The van der Waals surface area contributed by atoms with Gasteiger partial charge in [0, 0.05) is 12.6 Å². The Kier molecular flexibility index (Phi) is 2.93. The minimum atomic E-state index is -0.378. The van der Waals surface area contributed by atoms with E-state index in [1.54, 1.807) is 11.6 Å². The molecule has 0 saturated heterocycles. The number of ether oxygens (including phenoxy) is 1. The van der Waals surface area contributed by atoms with Crippen molar-refractivity contribution in [2.24, 2.45) is 7.05 Å². The van der Waals surface area contributed by atoms with E-state index in [2.05, 4.69) is 4.98 Å². The van der Waals surface area contributed by atoms with Crippen LogP contribution in [0.4, 0.5) is 10.3 Å². The van der Waals surface area contributed by atoms with E-state index in [0.717, 1.165) is 0 Å². The molecule has 1 aromatic heterocycles. The van der Waals surface area contributed by atoms with Crippen LogP contribution >= 0.6 is 11.6 Å². The fraction of sp³-hybridized carbons (Fsp3) is 0.182. The molecule has 0 aliphatic rings. The van der Waals surface area contributed by atoms with Crippen LogP contribution in [-0.2, 0) is 7.05 Å². The summed E-state index contributed by atoms with van der Waals surface area (Å²) in [5.41, 5.74) is 6.69. The number of aromatic nitrogens is 2. The molecule has 0 saturated carbocycles. The maximum Gasteiger partial charge on any atom is 0.201 e. The fourth-order valence-corrected chi connectivity index (χ4v) is 1.95. The zero-order valence-corrected chi connectivity index (χ0v) is 10.1. The molecule has 1 aromatic carbocycles. The van der Waals surface area contributed by atoms with Gasteiger partial charge in [0.05, 0.1) is 12.8 Å². The molecule has 17 heavy (non-hydrogen) atoms. The Morgan fingerprint density at radius 3 is 2.71 bits per heavy atom. The number of hydrogen-bond donors (Lipinski definition) is 1. The van der Waals surface area contributed by atoms with Crippen molar-refractivity contribution in [3.8, 4) is 17.0 Å². The minimum absolute atomic E-state index is 0.217. The highest BCUT2D eigenvalue weighted by Gasteiger charge is 2.17. The Balaban J connectivity index is 2.71. The molecule has 0 aliphatic carbocycles. The average Bonchev–Trinajstić information content (AvgIpc) is 2.53. The maximum absolute atomic E-state index is 13.3. The smallest absolute Gasteiger partial charge is 0.201 e. The molecule has 2 N–H and O–H groups in total. The van der Waals surface area contributed by atoms with Crippen LogP contribution in [0.2, 0.25) is 5.15 Å². The number of nitrogens with zero attached hydrogens (tertiary/aromatic N) is 2. The zero-order chi connectivity index (χ0) is 12.6. The van der Waals surface area contributed by atoms with Gasteiger partial charge in [-0.3, -0.25) is 0 Å². The summed E-state index contributed by atoms with van der Waals surface area (Å²) in [6, 6.07) is 4.18. The van der Waals surface area contributed by atoms with Crippen molar-refractivity contribution in [1.29, 1.82) is 0 Å². The van der Waals surface area contributed by atoms with Crippen molar-refractivity contribution in [3.05, 3.63) is 29.2 Å². The lowest BCUT2D eigenvalue weighted by atomic mass is 10.1. The average molecular weight is 256 g/mol. The Bertz CT molecular complexity index is 568. The quantitative estimate of drug-likeness (QED) is 0.897. The highest BCUT2D eigenvalue weighted by atomic mass is 35.5. The summed E-state index contributed by atoms with van der Waals surface area (Å²) in [6.07, 6.45) is 0. The number of nitrogen functional groups attached to an aromatic ring is 1. The second-order valence-electron chi connectivity index (χ2n) is 3.51. The number of methoxy groups -OCH3 is 1. The van der Waals surface area contributed by atoms with Crippen LogP contribution in [-0.4, -0.2) is 16.7 Å². The van der Waals surface area contributed by atoms with Gasteiger partial charge in [-0.25, -0.2) is 9.37 Å². The molecule has 0 spiro atoms. The van der Waals surface area contributed by atoms with E-state index < -0.39 is 0 Å². The second-order valence-corrected chi connectivity index (χ2v) is 3.87. The van der Waals surface area contributed by atoms with Gasteiger partial charge in [0.2, 0.25) is 5.95 Å². The second kappa shape index (κ2) is 4.25. The lowest BCUT2D eigenvalue weighted by Crippen LogP contribution is -2.00. The number of benzene rings is 1. The molecule has 0 unspecified atom stereocenters. The van der Waals surface area contributed by atoms with Gasteiger partial charge < -0.3 is 15.0 Å². The van der Waals surface area contributed by atoms with Crippen LogP contribution in [0, 0.1) is 5.82 Å². The van der Waals surface area contributed by atoms with Crippen LogP contribution in [0.25, 0.3) is 11.3 Å². The molecule has 0 aliphatic heterocycles. The molecule has 6 heteroatoms. The van der Waals surface area contributed by atoms with Gasteiger partial charge in [0.1, 0.15) is 11.6 Å². The topological polar surface area (TPSA) is 53.1 Å². The third-order valence-corrected chi connectivity index (χ3v) is 2.77. The summed E-state index contributed by atoms with van der Waals surface area (Å²) in [5, 5.41) is 0.217. The lowest BCUT2D eigenvalue weighted by molar-refractivity contribution is 0.415. The molecular weight excluding hydrogens is 245 g/mol. The monoisotopic (exact) mass is 255 g/mol. The first-order valence-electron chi connectivity index (χ1n) is 4.86. The molecule has 0 bridgehead atoms. The Morgan fingerprint density at radius 2 is 2.18 bits per heavy atom. The number of halogens is 2. The van der Waals surface area contributed by atoms with Crippen LogP contribution in [0.5, 0.6) is 5.75 Å². The SMILES string of the molecule is COc1ccc(F)cc1-c1c(Cl)nc(N)n1C. The highest BCUT2D eigenvalue weighted by molar-refractivity contribution is 6.32. The van der Waals surface area contributed by atoms with E-state index in [1.165, 1.54) is 25.3 Å². The van der Waals surface area contributed by atoms with Crippen LogP contribution < -0.4 is 10.5 Å². The lowest BCUT2D eigenvalue weighted by Gasteiger charge is -2.09. The predicted octanol–water partition coefficient (Wildman–Crippen LogP) is 2.47. The van der Waals surface area contributed by atoms with Crippen molar-refractivity contribution >= 4 is 17.5 Å². The van der Waals surface area contributed by atoms with Gasteiger partial charge in [0.15, 0.2) is 5.15 Å². The molecule has 2 rings (SSSR count). The van der Waals surface area contributed by atoms with Crippen LogP contribution in [0.15, 0.2) is 18.2 Å². The number of rotatable bonds is 2. The summed E-state index contributed by atoms with van der Waals surface area (Å²) in [7, 11) is 3.21. The van der Waals surface area contributed by atoms with E-state index in [-0.39, 0.29) is 16.9 Å². The Morgan fingerprint density at radius 1 is 1.47 bits per heavy atom. The van der Waals surface area contributed by atoms with Crippen molar-refractivity contribution < 1.29 is 9.13 Å². The number of imidazole rings is 1. The summed E-state index contributed by atoms with van der Waals surface area (Å²) < 4.78 is 20.0. The summed E-state index contributed by atoms with van der Waals surface area (Å²) in [6.45, 7) is 0. The first-order chi connectivity index (χ1) is 8.04. The summed E-state index contributed by atoms with van der Waals surface area (Å²) >= 11 is 5.98. The molecule has 0 atom stereocenters. The van der Waals surface area contributed by atoms with Gasteiger partial charge in [-0.15, -0.1) is 0 Å². The van der Waals surface area contributed by atoms with Gasteiger partial charge in [0.25, 0.3) is 0 Å². The Hall–Kier alpha value is -1.75. The molecule has 1 heterocycles. The van der Waals surface area contributed by atoms with Crippen molar-refractivity contribution in [2.75, 3.05) is 12.8 Å². The standard InChI is InChI=1S/C11H11ClFN3O/c1-16-9(10(12)15-11(16)14)7-5-6(13)3-4-8(7)17-2/h3-5H,1-2H3,(H2,14,15). The molecule has 0 radical (unpaired) electrons. The van der Waals surface area contributed by atoms with Gasteiger partial charge in [-0.2, -0.15) is 0 Å². The van der Waals surface area contributed by atoms with Crippen LogP contribution in [0.3, 0.4) is 0 Å². The molecule has 4 nitrogen and oxygen atoms in total. The van der Waals surface area contributed by atoms with E-state index in [9.17, 15) is 4.39 Å².